The molecule has 2 amide bonds. The SMILES string of the molecule is COc1ccccc1C1(CNC(=O)c2ccc(NC(=O)C3CC3)s2)CCCC1. The highest BCUT2D eigenvalue weighted by Gasteiger charge is 2.38. The quantitative estimate of drug-likeness (QED) is 0.729. The first-order valence-corrected chi connectivity index (χ1v) is 10.8. The Balaban J connectivity index is 1.44. The van der Waals surface area contributed by atoms with Crippen molar-refractivity contribution < 1.29 is 14.3 Å². The van der Waals surface area contributed by atoms with Crippen molar-refractivity contribution in [3.63, 3.8) is 0 Å². The average Bonchev–Trinajstić information content (AvgIpc) is 3.29. The number of para-hydroxylation sites is 1. The molecule has 0 atom stereocenters. The van der Waals surface area contributed by atoms with Gasteiger partial charge < -0.3 is 15.4 Å². The molecule has 2 aliphatic carbocycles. The summed E-state index contributed by atoms with van der Waals surface area (Å²) in [7, 11) is 1.70. The fourth-order valence-electron chi connectivity index (χ4n) is 4.11. The number of thiophene rings is 1. The maximum absolute atomic E-state index is 12.7. The van der Waals surface area contributed by atoms with E-state index in [4.69, 9.17) is 4.74 Å². The maximum atomic E-state index is 12.7. The molecule has 0 radical (unpaired) electrons. The molecule has 0 spiro atoms. The van der Waals surface area contributed by atoms with Gasteiger partial charge in [-0.1, -0.05) is 31.0 Å². The van der Waals surface area contributed by atoms with Gasteiger partial charge in [0.2, 0.25) is 5.91 Å². The van der Waals surface area contributed by atoms with Crippen LogP contribution in [-0.2, 0) is 10.2 Å². The Morgan fingerprint density at radius 2 is 1.89 bits per heavy atom. The van der Waals surface area contributed by atoms with Crippen molar-refractivity contribution in [3.05, 3.63) is 46.8 Å². The van der Waals surface area contributed by atoms with Crippen molar-refractivity contribution in [2.75, 3.05) is 19.0 Å². The molecule has 28 heavy (non-hydrogen) atoms. The third-order valence-electron chi connectivity index (χ3n) is 5.85. The van der Waals surface area contributed by atoms with Crippen LogP contribution in [0.4, 0.5) is 5.00 Å². The van der Waals surface area contributed by atoms with Gasteiger partial charge in [-0.05, 0) is 43.9 Å². The lowest BCUT2D eigenvalue weighted by atomic mass is 9.78. The van der Waals surface area contributed by atoms with Gasteiger partial charge in [-0.2, -0.15) is 0 Å². The van der Waals surface area contributed by atoms with E-state index >= 15 is 0 Å². The summed E-state index contributed by atoms with van der Waals surface area (Å²) in [4.78, 5) is 25.3. The molecule has 2 fully saturated rings. The van der Waals surface area contributed by atoms with Crippen LogP contribution in [0.1, 0.15) is 53.8 Å². The van der Waals surface area contributed by atoms with Crippen molar-refractivity contribution in [2.24, 2.45) is 5.92 Å². The zero-order chi connectivity index (χ0) is 19.6. The Bertz CT molecular complexity index is 866. The molecular weight excluding hydrogens is 372 g/mol. The smallest absolute Gasteiger partial charge is 0.261 e. The zero-order valence-corrected chi connectivity index (χ0v) is 16.9. The fourth-order valence-corrected chi connectivity index (χ4v) is 4.93. The average molecular weight is 399 g/mol. The van der Waals surface area contributed by atoms with E-state index in [0.717, 1.165) is 49.3 Å². The molecule has 0 aliphatic heterocycles. The molecular formula is C22H26N2O3S. The number of rotatable bonds is 7. The Kier molecular flexibility index (Phi) is 5.40. The monoisotopic (exact) mass is 398 g/mol. The number of benzene rings is 1. The molecule has 1 aromatic heterocycles. The van der Waals surface area contributed by atoms with Crippen molar-refractivity contribution in [2.45, 2.75) is 43.9 Å². The second kappa shape index (κ2) is 7.95. The van der Waals surface area contributed by atoms with Crippen LogP contribution >= 0.6 is 11.3 Å². The van der Waals surface area contributed by atoms with Crippen LogP contribution in [0, 0.1) is 5.92 Å². The van der Waals surface area contributed by atoms with Crippen molar-refractivity contribution in [1.82, 2.24) is 5.32 Å². The Hall–Kier alpha value is -2.34. The summed E-state index contributed by atoms with van der Waals surface area (Å²) in [6.07, 6.45) is 6.33. The number of carbonyl (C=O) groups is 2. The first-order valence-electron chi connectivity index (χ1n) is 9.94. The number of amides is 2. The fraction of sp³-hybridized carbons (Fsp3) is 0.455. The minimum Gasteiger partial charge on any atom is -0.496 e. The van der Waals surface area contributed by atoms with E-state index in [-0.39, 0.29) is 23.1 Å². The van der Waals surface area contributed by atoms with Crippen LogP contribution in [0.2, 0.25) is 0 Å². The molecule has 0 bridgehead atoms. The predicted molar refractivity (Wildman–Crippen MR) is 111 cm³/mol. The molecule has 2 saturated carbocycles. The molecule has 1 aromatic carbocycles. The Morgan fingerprint density at radius 1 is 1.14 bits per heavy atom. The second-order valence-electron chi connectivity index (χ2n) is 7.80. The van der Waals surface area contributed by atoms with Crippen molar-refractivity contribution in [1.29, 1.82) is 0 Å². The number of nitrogens with one attached hydrogen (secondary N) is 2. The van der Waals surface area contributed by atoms with Crippen LogP contribution in [0.3, 0.4) is 0 Å². The number of carbonyl (C=O) groups excluding carboxylic acids is 2. The maximum Gasteiger partial charge on any atom is 0.261 e. The summed E-state index contributed by atoms with van der Waals surface area (Å²) in [5.41, 5.74) is 1.10. The molecule has 4 rings (SSSR count). The van der Waals surface area contributed by atoms with Crippen LogP contribution in [0.5, 0.6) is 5.75 Å². The van der Waals surface area contributed by atoms with Gasteiger partial charge in [0.1, 0.15) is 5.75 Å². The lowest BCUT2D eigenvalue weighted by Crippen LogP contribution is -2.39. The zero-order valence-electron chi connectivity index (χ0n) is 16.1. The minimum atomic E-state index is -0.0851. The first-order chi connectivity index (χ1) is 13.6. The first kappa shape index (κ1) is 19.0. The van der Waals surface area contributed by atoms with Gasteiger partial charge in [0, 0.05) is 23.4 Å². The van der Waals surface area contributed by atoms with Gasteiger partial charge in [0.25, 0.3) is 5.91 Å². The van der Waals surface area contributed by atoms with E-state index in [0.29, 0.717) is 11.4 Å². The third-order valence-corrected chi connectivity index (χ3v) is 6.85. The third kappa shape index (κ3) is 3.92. The molecule has 6 heteroatoms. The molecule has 0 saturated heterocycles. The highest BCUT2D eigenvalue weighted by Crippen LogP contribution is 2.44. The summed E-state index contributed by atoms with van der Waals surface area (Å²) in [5, 5.41) is 6.78. The van der Waals surface area contributed by atoms with E-state index in [2.05, 4.69) is 16.7 Å². The normalized spacial score (nSPS) is 17.9. The van der Waals surface area contributed by atoms with E-state index in [1.54, 1.807) is 13.2 Å². The molecule has 5 nitrogen and oxygen atoms in total. The van der Waals surface area contributed by atoms with Crippen molar-refractivity contribution >= 4 is 28.2 Å². The Labute approximate surface area is 169 Å². The lowest BCUT2D eigenvalue weighted by molar-refractivity contribution is -0.117. The molecule has 2 aromatic rings. The topological polar surface area (TPSA) is 67.4 Å². The van der Waals surface area contributed by atoms with Crippen molar-refractivity contribution in [3.8, 4) is 5.75 Å². The van der Waals surface area contributed by atoms with E-state index < -0.39 is 0 Å². The van der Waals surface area contributed by atoms with E-state index in [1.165, 1.54) is 16.9 Å². The molecule has 0 unspecified atom stereocenters. The summed E-state index contributed by atoms with van der Waals surface area (Å²) in [6, 6.07) is 11.7. The van der Waals surface area contributed by atoms with Gasteiger partial charge in [0.15, 0.2) is 0 Å². The number of ether oxygens (including phenoxy) is 1. The van der Waals surface area contributed by atoms with Gasteiger partial charge in [-0.3, -0.25) is 9.59 Å². The standard InChI is InChI=1S/C22H26N2O3S/c1-27-17-7-3-2-6-16(17)22(12-4-5-13-22)14-23-21(26)18-10-11-19(28-18)24-20(25)15-8-9-15/h2-3,6-7,10-11,15H,4-5,8-9,12-14H2,1H3,(H,23,26)(H,24,25). The molecule has 2 aliphatic rings. The van der Waals surface area contributed by atoms with E-state index in [1.807, 2.05) is 24.3 Å². The summed E-state index contributed by atoms with van der Waals surface area (Å²) in [5.74, 6) is 1.02. The van der Waals surface area contributed by atoms with Crippen LogP contribution < -0.4 is 15.4 Å². The number of methoxy groups -OCH3 is 1. The molecule has 2 N–H and O–H groups in total. The highest BCUT2D eigenvalue weighted by molar-refractivity contribution is 7.18. The number of hydrogen-bond donors (Lipinski definition) is 2. The van der Waals surface area contributed by atoms with E-state index in [9.17, 15) is 9.59 Å². The van der Waals surface area contributed by atoms with Crippen LogP contribution in [0.15, 0.2) is 36.4 Å². The summed E-state index contributed by atoms with van der Waals surface area (Å²) >= 11 is 1.33. The predicted octanol–water partition coefficient (Wildman–Crippen LogP) is 4.35. The van der Waals surface area contributed by atoms with Crippen LogP contribution in [0.25, 0.3) is 0 Å². The highest BCUT2D eigenvalue weighted by atomic mass is 32.1. The van der Waals surface area contributed by atoms with Gasteiger partial charge >= 0.3 is 0 Å². The van der Waals surface area contributed by atoms with Gasteiger partial charge in [0.05, 0.1) is 17.0 Å². The lowest BCUT2D eigenvalue weighted by Gasteiger charge is -2.31. The minimum absolute atomic E-state index is 0.0647. The van der Waals surface area contributed by atoms with Gasteiger partial charge in [-0.15, -0.1) is 11.3 Å². The van der Waals surface area contributed by atoms with Gasteiger partial charge in [-0.25, -0.2) is 0 Å². The molecule has 1 heterocycles. The second-order valence-corrected chi connectivity index (χ2v) is 8.88. The number of anilines is 1. The number of hydrogen-bond acceptors (Lipinski definition) is 4. The van der Waals surface area contributed by atoms with Crippen LogP contribution in [-0.4, -0.2) is 25.5 Å². The largest absolute Gasteiger partial charge is 0.496 e. The Morgan fingerprint density at radius 3 is 2.61 bits per heavy atom. The summed E-state index contributed by atoms with van der Waals surface area (Å²) < 4.78 is 5.59. The summed E-state index contributed by atoms with van der Waals surface area (Å²) in [6.45, 7) is 0.591. The molecule has 148 valence electrons.